The number of hydrogen-bond donors (Lipinski definition) is 2. The molecular formula is C19H16ClFN4O2. The van der Waals surface area contributed by atoms with Gasteiger partial charge in [0.05, 0.1) is 11.6 Å². The summed E-state index contributed by atoms with van der Waals surface area (Å²) in [6.45, 7) is 2.52. The van der Waals surface area contributed by atoms with E-state index in [1.807, 2.05) is 31.2 Å². The average molecular weight is 387 g/mol. The Labute approximate surface area is 160 Å². The van der Waals surface area contributed by atoms with Crippen LogP contribution in [0.15, 0.2) is 54.6 Å². The normalized spacial score (nSPS) is 10.3. The maximum absolute atomic E-state index is 13.2. The highest BCUT2D eigenvalue weighted by Gasteiger charge is 2.10. The summed E-state index contributed by atoms with van der Waals surface area (Å²) in [6, 6.07) is 14.5. The second kappa shape index (κ2) is 8.46. The molecule has 2 aromatic carbocycles. The first-order valence-electron chi connectivity index (χ1n) is 8.15. The summed E-state index contributed by atoms with van der Waals surface area (Å²) in [4.78, 5) is 12.2. The van der Waals surface area contributed by atoms with Gasteiger partial charge >= 0.3 is 0 Å². The van der Waals surface area contributed by atoms with Crippen molar-refractivity contribution in [2.24, 2.45) is 0 Å². The molecule has 0 unspecified atom stereocenters. The van der Waals surface area contributed by atoms with Crippen LogP contribution in [0.5, 0.6) is 5.75 Å². The molecule has 8 heteroatoms. The van der Waals surface area contributed by atoms with E-state index < -0.39 is 11.7 Å². The van der Waals surface area contributed by atoms with Gasteiger partial charge in [0.1, 0.15) is 11.6 Å². The monoisotopic (exact) mass is 386 g/mol. The molecule has 6 nitrogen and oxygen atoms in total. The molecule has 1 aromatic heterocycles. The summed E-state index contributed by atoms with van der Waals surface area (Å²) < 4.78 is 18.5. The first-order chi connectivity index (χ1) is 13.0. The number of rotatable bonds is 6. The van der Waals surface area contributed by atoms with Gasteiger partial charge in [-0.25, -0.2) is 4.39 Å². The summed E-state index contributed by atoms with van der Waals surface area (Å²) in [6.07, 6.45) is 0. The van der Waals surface area contributed by atoms with E-state index in [2.05, 4.69) is 20.8 Å². The van der Waals surface area contributed by atoms with E-state index in [4.69, 9.17) is 16.3 Å². The Morgan fingerprint density at radius 1 is 1.07 bits per heavy atom. The number of carbonyl (C=O) groups is 1. The lowest BCUT2D eigenvalue weighted by Crippen LogP contribution is -2.14. The lowest BCUT2D eigenvalue weighted by Gasteiger charge is -2.08. The van der Waals surface area contributed by atoms with E-state index in [-0.39, 0.29) is 10.7 Å². The van der Waals surface area contributed by atoms with Crippen LogP contribution in [0.25, 0.3) is 0 Å². The first-order valence-corrected chi connectivity index (χ1v) is 8.53. The number of hydrogen-bond acceptors (Lipinski definition) is 5. The number of nitrogens with one attached hydrogen (secondary N) is 2. The number of carbonyl (C=O) groups excluding carboxylic acids is 1. The van der Waals surface area contributed by atoms with E-state index in [0.717, 1.165) is 11.4 Å². The fourth-order valence-electron chi connectivity index (χ4n) is 2.24. The van der Waals surface area contributed by atoms with Crippen molar-refractivity contribution >= 4 is 34.7 Å². The van der Waals surface area contributed by atoms with Crippen molar-refractivity contribution in [3.05, 3.63) is 71.1 Å². The zero-order valence-electron chi connectivity index (χ0n) is 14.4. The maximum atomic E-state index is 13.2. The minimum atomic E-state index is -0.556. The molecular weight excluding hydrogens is 371 g/mol. The van der Waals surface area contributed by atoms with Crippen LogP contribution in [-0.2, 0) is 0 Å². The third-order valence-electron chi connectivity index (χ3n) is 3.51. The number of halogens is 2. The second-order valence-electron chi connectivity index (χ2n) is 5.47. The van der Waals surface area contributed by atoms with Gasteiger partial charge < -0.3 is 15.4 Å². The van der Waals surface area contributed by atoms with Crippen LogP contribution in [0.2, 0.25) is 5.02 Å². The van der Waals surface area contributed by atoms with E-state index in [1.165, 1.54) is 24.3 Å². The number of benzene rings is 2. The van der Waals surface area contributed by atoms with Crippen molar-refractivity contribution in [1.82, 2.24) is 10.2 Å². The van der Waals surface area contributed by atoms with Crippen LogP contribution in [0.3, 0.4) is 0 Å². The predicted molar refractivity (Wildman–Crippen MR) is 102 cm³/mol. The topological polar surface area (TPSA) is 76.1 Å². The Balaban J connectivity index is 1.63. The van der Waals surface area contributed by atoms with E-state index >= 15 is 0 Å². The minimum absolute atomic E-state index is 0.0752. The van der Waals surface area contributed by atoms with E-state index in [0.29, 0.717) is 18.1 Å². The van der Waals surface area contributed by atoms with Gasteiger partial charge in [-0.1, -0.05) is 11.6 Å². The number of nitrogens with zero attached hydrogens (tertiary/aromatic N) is 2. The SMILES string of the molecule is CCOc1ccc(Nc2ccc(C(=O)Nc3ccc(F)c(Cl)c3)nn2)cc1. The van der Waals surface area contributed by atoms with Crippen molar-refractivity contribution in [2.45, 2.75) is 6.92 Å². The van der Waals surface area contributed by atoms with Gasteiger partial charge in [0, 0.05) is 11.4 Å². The number of anilines is 3. The van der Waals surface area contributed by atoms with Gasteiger partial charge in [0.2, 0.25) is 0 Å². The van der Waals surface area contributed by atoms with Crippen LogP contribution >= 0.6 is 11.6 Å². The smallest absolute Gasteiger partial charge is 0.276 e. The van der Waals surface area contributed by atoms with Crippen molar-refractivity contribution in [3.63, 3.8) is 0 Å². The number of ether oxygens (including phenoxy) is 1. The van der Waals surface area contributed by atoms with Gasteiger partial charge in [-0.3, -0.25) is 4.79 Å². The van der Waals surface area contributed by atoms with Crippen molar-refractivity contribution in [1.29, 1.82) is 0 Å². The lowest BCUT2D eigenvalue weighted by molar-refractivity contribution is 0.102. The molecule has 0 atom stereocenters. The summed E-state index contributed by atoms with van der Waals surface area (Å²) in [5.41, 5.74) is 1.29. The third kappa shape index (κ3) is 4.92. The third-order valence-corrected chi connectivity index (χ3v) is 3.80. The summed E-state index contributed by atoms with van der Waals surface area (Å²) in [5.74, 6) is 0.236. The summed E-state index contributed by atoms with van der Waals surface area (Å²) >= 11 is 5.70. The number of amides is 1. The van der Waals surface area contributed by atoms with Gasteiger partial charge in [-0.05, 0) is 61.5 Å². The molecule has 3 aromatic rings. The Bertz CT molecular complexity index is 933. The molecule has 0 fully saturated rings. The second-order valence-corrected chi connectivity index (χ2v) is 5.88. The zero-order chi connectivity index (χ0) is 19.2. The fourth-order valence-corrected chi connectivity index (χ4v) is 2.42. The quantitative estimate of drug-likeness (QED) is 0.644. The van der Waals surface area contributed by atoms with Gasteiger partial charge in [0.25, 0.3) is 5.91 Å². The van der Waals surface area contributed by atoms with Crippen LogP contribution in [-0.4, -0.2) is 22.7 Å². The summed E-state index contributed by atoms with van der Waals surface area (Å²) in [5, 5.41) is 13.5. The molecule has 0 spiro atoms. The summed E-state index contributed by atoms with van der Waals surface area (Å²) in [7, 11) is 0. The molecule has 2 N–H and O–H groups in total. The average Bonchev–Trinajstić information content (AvgIpc) is 2.67. The lowest BCUT2D eigenvalue weighted by atomic mass is 10.3. The first kappa shape index (κ1) is 18.6. The van der Waals surface area contributed by atoms with Gasteiger partial charge in [-0.15, -0.1) is 10.2 Å². The van der Waals surface area contributed by atoms with Crippen molar-refractivity contribution in [2.75, 3.05) is 17.2 Å². The molecule has 138 valence electrons. The Morgan fingerprint density at radius 2 is 1.81 bits per heavy atom. The molecule has 0 aliphatic heterocycles. The van der Waals surface area contributed by atoms with Crippen molar-refractivity contribution < 1.29 is 13.9 Å². The fraction of sp³-hybridized carbons (Fsp3) is 0.105. The highest BCUT2D eigenvalue weighted by Crippen LogP contribution is 2.21. The molecule has 0 bridgehead atoms. The molecule has 0 aliphatic carbocycles. The molecule has 3 rings (SSSR count). The maximum Gasteiger partial charge on any atom is 0.276 e. The standard InChI is InChI=1S/C19H16ClFN4O2/c1-2-27-14-6-3-12(4-7-14)22-18-10-9-17(24-25-18)19(26)23-13-5-8-16(21)15(20)11-13/h3-11H,2H2,1H3,(H,22,25)(H,23,26). The number of aromatic nitrogens is 2. The molecule has 1 amide bonds. The van der Waals surface area contributed by atoms with E-state index in [1.54, 1.807) is 6.07 Å². The molecule has 27 heavy (non-hydrogen) atoms. The van der Waals surface area contributed by atoms with Crippen LogP contribution in [0.1, 0.15) is 17.4 Å². The highest BCUT2D eigenvalue weighted by atomic mass is 35.5. The molecule has 1 heterocycles. The molecule has 0 aliphatic rings. The predicted octanol–water partition coefficient (Wildman–Crippen LogP) is 4.66. The van der Waals surface area contributed by atoms with E-state index in [9.17, 15) is 9.18 Å². The minimum Gasteiger partial charge on any atom is -0.494 e. The van der Waals surface area contributed by atoms with Crippen LogP contribution in [0.4, 0.5) is 21.6 Å². The van der Waals surface area contributed by atoms with Crippen molar-refractivity contribution in [3.8, 4) is 5.75 Å². The largest absolute Gasteiger partial charge is 0.494 e. The van der Waals surface area contributed by atoms with Gasteiger partial charge in [0.15, 0.2) is 11.5 Å². The Morgan fingerprint density at radius 3 is 2.44 bits per heavy atom. The Kier molecular flexibility index (Phi) is 5.83. The molecule has 0 radical (unpaired) electrons. The molecule has 0 saturated heterocycles. The zero-order valence-corrected chi connectivity index (χ0v) is 15.1. The van der Waals surface area contributed by atoms with Crippen LogP contribution in [0, 0.1) is 5.82 Å². The molecule has 0 saturated carbocycles. The highest BCUT2D eigenvalue weighted by molar-refractivity contribution is 6.31. The van der Waals surface area contributed by atoms with Gasteiger partial charge in [-0.2, -0.15) is 0 Å². The van der Waals surface area contributed by atoms with Crippen LogP contribution < -0.4 is 15.4 Å². The Hall–Kier alpha value is -3.19.